The highest BCUT2D eigenvalue weighted by Gasteiger charge is 2.22. The Kier molecular flexibility index (Phi) is 7.65. The summed E-state index contributed by atoms with van der Waals surface area (Å²) in [6.45, 7) is 10.7. The standard InChI is InChI=1S/C24H39N3O/c1-2-13-26(12-1)16-11-25-10-5-17-28-24-9-8-22-18-21(6-7-23(22)19-24)20-27-14-3-4-15-27/h8-9,19,21,25H,1-7,10-18,20H2. The molecule has 2 saturated heterocycles. The number of rotatable bonds is 10. The molecule has 0 radical (unpaired) electrons. The minimum atomic E-state index is 0.813. The summed E-state index contributed by atoms with van der Waals surface area (Å²) in [4.78, 5) is 5.23. The number of nitrogens with zero attached hydrogens (tertiary/aromatic N) is 2. The molecule has 4 nitrogen and oxygen atoms in total. The van der Waals surface area contributed by atoms with Crippen LogP contribution in [0.25, 0.3) is 0 Å². The van der Waals surface area contributed by atoms with Gasteiger partial charge in [0.25, 0.3) is 0 Å². The summed E-state index contributed by atoms with van der Waals surface area (Å²) in [5.41, 5.74) is 3.09. The van der Waals surface area contributed by atoms with Crippen LogP contribution < -0.4 is 10.1 Å². The monoisotopic (exact) mass is 385 g/mol. The first kappa shape index (κ1) is 20.2. The van der Waals surface area contributed by atoms with Crippen molar-refractivity contribution in [2.45, 2.75) is 51.4 Å². The molecule has 0 spiro atoms. The van der Waals surface area contributed by atoms with Crippen molar-refractivity contribution in [3.05, 3.63) is 29.3 Å². The number of hydrogen-bond donors (Lipinski definition) is 1. The number of ether oxygens (including phenoxy) is 1. The van der Waals surface area contributed by atoms with Gasteiger partial charge in [0.15, 0.2) is 0 Å². The van der Waals surface area contributed by atoms with Gasteiger partial charge in [-0.05, 0) is 113 Å². The van der Waals surface area contributed by atoms with Crippen LogP contribution in [0.5, 0.6) is 5.75 Å². The molecule has 2 fully saturated rings. The molecule has 2 aliphatic heterocycles. The fourth-order valence-electron chi connectivity index (χ4n) is 5.14. The summed E-state index contributed by atoms with van der Waals surface area (Å²) in [7, 11) is 0. The number of aryl methyl sites for hydroxylation is 1. The summed E-state index contributed by atoms with van der Waals surface area (Å²) in [5, 5.41) is 3.56. The molecular formula is C24H39N3O. The van der Waals surface area contributed by atoms with Gasteiger partial charge in [-0.1, -0.05) is 6.07 Å². The molecule has 1 aromatic carbocycles. The van der Waals surface area contributed by atoms with Crippen molar-refractivity contribution in [3.8, 4) is 5.75 Å². The third-order valence-corrected chi connectivity index (χ3v) is 6.79. The van der Waals surface area contributed by atoms with Crippen LogP contribution in [0.2, 0.25) is 0 Å². The van der Waals surface area contributed by atoms with Crippen LogP contribution in [-0.4, -0.2) is 68.8 Å². The van der Waals surface area contributed by atoms with E-state index in [1.807, 2.05) is 0 Å². The number of fused-ring (bicyclic) bond motifs is 1. The van der Waals surface area contributed by atoms with Crippen molar-refractivity contribution in [1.82, 2.24) is 15.1 Å². The molecule has 0 aromatic heterocycles. The van der Waals surface area contributed by atoms with E-state index >= 15 is 0 Å². The molecule has 4 heteroatoms. The van der Waals surface area contributed by atoms with Crippen molar-refractivity contribution in [2.75, 3.05) is 59.0 Å². The van der Waals surface area contributed by atoms with Gasteiger partial charge in [0, 0.05) is 19.6 Å². The van der Waals surface area contributed by atoms with Crippen LogP contribution in [0.15, 0.2) is 18.2 Å². The van der Waals surface area contributed by atoms with E-state index in [9.17, 15) is 0 Å². The fourth-order valence-corrected chi connectivity index (χ4v) is 5.14. The van der Waals surface area contributed by atoms with Crippen molar-refractivity contribution in [1.29, 1.82) is 0 Å². The molecule has 28 heavy (non-hydrogen) atoms. The maximum absolute atomic E-state index is 6.03. The maximum atomic E-state index is 6.03. The Labute approximate surface area is 171 Å². The average Bonchev–Trinajstić information content (AvgIpc) is 3.41. The molecule has 0 amide bonds. The highest BCUT2D eigenvalue weighted by molar-refractivity contribution is 5.37. The lowest BCUT2D eigenvalue weighted by atomic mass is 9.83. The lowest BCUT2D eigenvalue weighted by molar-refractivity contribution is 0.261. The predicted octanol–water partition coefficient (Wildman–Crippen LogP) is 3.34. The summed E-state index contributed by atoms with van der Waals surface area (Å²) < 4.78 is 6.03. The van der Waals surface area contributed by atoms with E-state index < -0.39 is 0 Å². The van der Waals surface area contributed by atoms with Gasteiger partial charge < -0.3 is 19.9 Å². The van der Waals surface area contributed by atoms with Crippen LogP contribution >= 0.6 is 0 Å². The zero-order valence-electron chi connectivity index (χ0n) is 17.6. The summed E-state index contributed by atoms with van der Waals surface area (Å²) in [6.07, 6.45) is 10.5. The second kappa shape index (κ2) is 10.6. The van der Waals surface area contributed by atoms with Gasteiger partial charge in [-0.3, -0.25) is 0 Å². The Hall–Kier alpha value is -1.10. The maximum Gasteiger partial charge on any atom is 0.119 e. The van der Waals surface area contributed by atoms with Crippen LogP contribution in [0.3, 0.4) is 0 Å². The van der Waals surface area contributed by atoms with Gasteiger partial charge in [0.05, 0.1) is 6.61 Å². The van der Waals surface area contributed by atoms with Gasteiger partial charge in [-0.2, -0.15) is 0 Å². The van der Waals surface area contributed by atoms with Crippen molar-refractivity contribution >= 4 is 0 Å². The van der Waals surface area contributed by atoms with Crippen LogP contribution in [0.4, 0.5) is 0 Å². The summed E-state index contributed by atoms with van der Waals surface area (Å²) in [6, 6.07) is 6.83. The van der Waals surface area contributed by atoms with Crippen molar-refractivity contribution in [3.63, 3.8) is 0 Å². The average molecular weight is 386 g/mol. The first-order chi connectivity index (χ1) is 13.9. The zero-order valence-corrected chi connectivity index (χ0v) is 17.6. The SMILES string of the molecule is c1cc2c(cc1OCCCNCCN1CCCC1)CCC(CN1CCCC1)C2. The topological polar surface area (TPSA) is 27.7 Å². The van der Waals surface area contributed by atoms with Crippen LogP contribution in [-0.2, 0) is 12.8 Å². The predicted molar refractivity (Wildman–Crippen MR) is 116 cm³/mol. The smallest absolute Gasteiger partial charge is 0.119 e. The normalized spacial score (nSPS) is 23.2. The lowest BCUT2D eigenvalue weighted by Gasteiger charge is -2.28. The third kappa shape index (κ3) is 5.95. The van der Waals surface area contributed by atoms with E-state index in [0.717, 1.165) is 37.8 Å². The van der Waals surface area contributed by atoms with Gasteiger partial charge in [0.1, 0.15) is 5.75 Å². The number of benzene rings is 1. The van der Waals surface area contributed by atoms with E-state index in [0.29, 0.717) is 0 Å². The minimum Gasteiger partial charge on any atom is -0.494 e. The molecular weight excluding hydrogens is 346 g/mol. The second-order valence-corrected chi connectivity index (χ2v) is 9.05. The van der Waals surface area contributed by atoms with E-state index in [2.05, 4.69) is 33.3 Å². The number of hydrogen-bond acceptors (Lipinski definition) is 4. The molecule has 1 aliphatic carbocycles. The first-order valence-corrected chi connectivity index (χ1v) is 11.8. The molecule has 0 bridgehead atoms. The van der Waals surface area contributed by atoms with Crippen molar-refractivity contribution < 1.29 is 4.74 Å². The number of nitrogens with one attached hydrogen (secondary N) is 1. The Balaban J connectivity index is 1.12. The zero-order chi connectivity index (χ0) is 19.0. The quantitative estimate of drug-likeness (QED) is 0.625. The van der Waals surface area contributed by atoms with Gasteiger partial charge >= 0.3 is 0 Å². The second-order valence-electron chi connectivity index (χ2n) is 9.05. The first-order valence-electron chi connectivity index (χ1n) is 11.8. The third-order valence-electron chi connectivity index (χ3n) is 6.79. The highest BCUT2D eigenvalue weighted by Crippen LogP contribution is 2.29. The Morgan fingerprint density at radius 2 is 1.71 bits per heavy atom. The minimum absolute atomic E-state index is 0.813. The van der Waals surface area contributed by atoms with Gasteiger partial charge in [-0.15, -0.1) is 0 Å². The molecule has 156 valence electrons. The lowest BCUT2D eigenvalue weighted by Crippen LogP contribution is -2.30. The van der Waals surface area contributed by atoms with Gasteiger partial charge in [-0.25, -0.2) is 0 Å². The van der Waals surface area contributed by atoms with Crippen molar-refractivity contribution in [2.24, 2.45) is 5.92 Å². The summed E-state index contributed by atoms with van der Waals surface area (Å²) in [5.74, 6) is 1.91. The van der Waals surface area contributed by atoms with E-state index in [-0.39, 0.29) is 0 Å². The van der Waals surface area contributed by atoms with E-state index in [4.69, 9.17) is 4.74 Å². The molecule has 4 rings (SSSR count). The molecule has 3 aliphatic rings. The Morgan fingerprint density at radius 1 is 0.929 bits per heavy atom. The molecule has 2 heterocycles. The highest BCUT2D eigenvalue weighted by atomic mass is 16.5. The molecule has 1 unspecified atom stereocenters. The molecule has 1 aromatic rings. The van der Waals surface area contributed by atoms with Crippen LogP contribution in [0, 0.1) is 5.92 Å². The fraction of sp³-hybridized carbons (Fsp3) is 0.750. The van der Waals surface area contributed by atoms with Crippen LogP contribution in [0.1, 0.15) is 49.7 Å². The Bertz CT molecular complexity index is 594. The summed E-state index contributed by atoms with van der Waals surface area (Å²) >= 11 is 0. The van der Waals surface area contributed by atoms with E-state index in [1.165, 1.54) is 89.8 Å². The number of likely N-dealkylation sites (tertiary alicyclic amines) is 2. The van der Waals surface area contributed by atoms with Gasteiger partial charge in [0.2, 0.25) is 0 Å². The largest absolute Gasteiger partial charge is 0.494 e. The molecule has 1 N–H and O–H groups in total. The Morgan fingerprint density at radius 3 is 2.54 bits per heavy atom. The molecule has 0 saturated carbocycles. The molecule has 1 atom stereocenters. The van der Waals surface area contributed by atoms with E-state index in [1.54, 1.807) is 5.56 Å².